The lowest BCUT2D eigenvalue weighted by Gasteiger charge is -2.33. The Morgan fingerprint density at radius 3 is 2.95 bits per heavy atom. The van der Waals surface area contributed by atoms with Gasteiger partial charge in [0.05, 0.1) is 0 Å². The van der Waals surface area contributed by atoms with Crippen LogP contribution in [0.5, 0.6) is 0 Å². The number of nitrogens with zero attached hydrogens (tertiary/aromatic N) is 2. The molecular weight excluding hydrogens is 346 g/mol. The first-order valence-electron chi connectivity index (χ1n) is 7.68. The lowest BCUT2D eigenvalue weighted by atomic mass is 9.98. The van der Waals surface area contributed by atoms with Gasteiger partial charge in [-0.15, -0.1) is 0 Å². The van der Waals surface area contributed by atoms with Crippen molar-refractivity contribution in [2.75, 3.05) is 24.5 Å². The monoisotopic (exact) mass is 369 g/mol. The quantitative estimate of drug-likeness (QED) is 0.827. The first kappa shape index (κ1) is 17.1. The first-order valence-corrected chi connectivity index (χ1v) is 8.47. The number of nitrogens with one attached hydrogen (secondary N) is 1. The van der Waals surface area contributed by atoms with Gasteiger partial charge in [-0.2, -0.15) is 0 Å². The molecular formula is C16H24BrN3O2. The number of aromatic nitrogens is 1. The van der Waals surface area contributed by atoms with E-state index < -0.39 is 5.60 Å². The van der Waals surface area contributed by atoms with Crippen LogP contribution in [0.4, 0.5) is 10.6 Å². The maximum atomic E-state index is 11.7. The van der Waals surface area contributed by atoms with Crippen LogP contribution in [0.25, 0.3) is 0 Å². The van der Waals surface area contributed by atoms with Gasteiger partial charge in [0.1, 0.15) is 16.0 Å². The van der Waals surface area contributed by atoms with Gasteiger partial charge in [0.25, 0.3) is 0 Å². The molecule has 1 atom stereocenters. The summed E-state index contributed by atoms with van der Waals surface area (Å²) in [7, 11) is 0. The number of amides is 1. The van der Waals surface area contributed by atoms with Gasteiger partial charge in [0, 0.05) is 19.6 Å². The highest BCUT2D eigenvalue weighted by atomic mass is 79.9. The Morgan fingerprint density at radius 1 is 1.50 bits per heavy atom. The van der Waals surface area contributed by atoms with Crippen molar-refractivity contribution >= 4 is 27.8 Å². The zero-order valence-corrected chi connectivity index (χ0v) is 15.0. The molecule has 22 heavy (non-hydrogen) atoms. The molecule has 0 aromatic carbocycles. The van der Waals surface area contributed by atoms with Crippen molar-refractivity contribution in [3.05, 3.63) is 22.8 Å². The van der Waals surface area contributed by atoms with Crippen molar-refractivity contribution in [1.29, 1.82) is 0 Å². The number of hydrogen-bond acceptors (Lipinski definition) is 4. The normalized spacial score (nSPS) is 18.9. The van der Waals surface area contributed by atoms with Crippen molar-refractivity contribution in [1.82, 2.24) is 10.3 Å². The minimum absolute atomic E-state index is 0.342. The minimum Gasteiger partial charge on any atom is -0.444 e. The summed E-state index contributed by atoms with van der Waals surface area (Å²) in [6.45, 7) is 8.15. The molecule has 0 unspecified atom stereocenters. The Balaban J connectivity index is 1.85. The maximum absolute atomic E-state index is 11.7. The summed E-state index contributed by atoms with van der Waals surface area (Å²) < 4.78 is 6.12. The molecule has 1 aromatic heterocycles. The van der Waals surface area contributed by atoms with Crippen LogP contribution in [-0.4, -0.2) is 36.3 Å². The SMILES string of the molecule is CC(C)(C)OC(=O)NC[C@@H]1CCCN(c2cccc(Br)n2)C1. The van der Waals surface area contributed by atoms with Crippen LogP contribution < -0.4 is 10.2 Å². The van der Waals surface area contributed by atoms with Gasteiger partial charge < -0.3 is 15.0 Å². The summed E-state index contributed by atoms with van der Waals surface area (Å²) >= 11 is 3.41. The van der Waals surface area contributed by atoms with Gasteiger partial charge in [-0.1, -0.05) is 6.07 Å². The van der Waals surface area contributed by atoms with Crippen LogP contribution in [0.3, 0.4) is 0 Å². The highest BCUT2D eigenvalue weighted by Gasteiger charge is 2.23. The average Bonchev–Trinajstić information content (AvgIpc) is 2.44. The zero-order chi connectivity index (χ0) is 16.2. The van der Waals surface area contributed by atoms with Crippen LogP contribution in [0.1, 0.15) is 33.6 Å². The first-order chi connectivity index (χ1) is 10.3. The number of anilines is 1. The summed E-state index contributed by atoms with van der Waals surface area (Å²) in [6, 6.07) is 5.94. The second-order valence-corrected chi connectivity index (χ2v) is 7.47. The number of pyridine rings is 1. The molecule has 6 heteroatoms. The molecule has 0 aliphatic carbocycles. The fourth-order valence-electron chi connectivity index (χ4n) is 2.56. The van der Waals surface area contributed by atoms with E-state index in [1.807, 2.05) is 39.0 Å². The Labute approximate surface area is 140 Å². The fraction of sp³-hybridized carbons (Fsp3) is 0.625. The van der Waals surface area contributed by atoms with Gasteiger partial charge in [0.15, 0.2) is 0 Å². The van der Waals surface area contributed by atoms with E-state index in [2.05, 4.69) is 31.1 Å². The third kappa shape index (κ3) is 5.48. The number of ether oxygens (including phenoxy) is 1. The van der Waals surface area contributed by atoms with Gasteiger partial charge in [0.2, 0.25) is 0 Å². The molecule has 1 aliphatic rings. The summed E-state index contributed by atoms with van der Waals surface area (Å²) in [5, 5.41) is 2.87. The lowest BCUT2D eigenvalue weighted by molar-refractivity contribution is 0.0517. The van der Waals surface area contributed by atoms with E-state index >= 15 is 0 Å². The van der Waals surface area contributed by atoms with Gasteiger partial charge in [-0.3, -0.25) is 0 Å². The van der Waals surface area contributed by atoms with Crippen molar-refractivity contribution in [3.63, 3.8) is 0 Å². The minimum atomic E-state index is -0.455. The maximum Gasteiger partial charge on any atom is 0.407 e. The predicted octanol–water partition coefficient (Wildman–Crippen LogP) is 3.59. The molecule has 1 saturated heterocycles. The topological polar surface area (TPSA) is 54.5 Å². The average molecular weight is 370 g/mol. The van der Waals surface area contributed by atoms with E-state index in [-0.39, 0.29) is 6.09 Å². The number of halogens is 1. The largest absolute Gasteiger partial charge is 0.444 e. The third-order valence-electron chi connectivity index (χ3n) is 3.48. The Morgan fingerprint density at radius 2 is 2.27 bits per heavy atom. The van der Waals surface area contributed by atoms with Crippen LogP contribution in [0, 0.1) is 5.92 Å². The zero-order valence-electron chi connectivity index (χ0n) is 13.4. The molecule has 5 nitrogen and oxygen atoms in total. The molecule has 0 bridgehead atoms. The number of carbonyl (C=O) groups excluding carboxylic acids is 1. The highest BCUT2D eigenvalue weighted by Crippen LogP contribution is 2.22. The predicted molar refractivity (Wildman–Crippen MR) is 91.1 cm³/mol. The second kappa shape index (κ2) is 7.31. The number of piperidine rings is 1. The van der Waals surface area contributed by atoms with E-state index in [9.17, 15) is 4.79 Å². The van der Waals surface area contributed by atoms with E-state index in [0.29, 0.717) is 12.5 Å². The van der Waals surface area contributed by atoms with E-state index in [0.717, 1.165) is 36.4 Å². The molecule has 0 saturated carbocycles. The molecule has 2 heterocycles. The standard InChI is InChI=1S/C16H24BrN3O2/c1-16(2,3)22-15(21)18-10-12-6-5-9-20(11-12)14-8-4-7-13(17)19-14/h4,7-8,12H,5-6,9-11H2,1-3H3,(H,18,21)/t12-/m0/s1. The van der Waals surface area contributed by atoms with E-state index in [1.54, 1.807) is 0 Å². The summed E-state index contributed by atoms with van der Waals surface area (Å²) in [5.41, 5.74) is -0.455. The molecule has 1 aliphatic heterocycles. The molecule has 2 rings (SSSR count). The fourth-order valence-corrected chi connectivity index (χ4v) is 2.89. The second-order valence-electron chi connectivity index (χ2n) is 6.66. The molecule has 1 fully saturated rings. The molecule has 1 amide bonds. The summed E-state index contributed by atoms with van der Waals surface area (Å²) in [5.74, 6) is 1.40. The van der Waals surface area contributed by atoms with Crippen LogP contribution >= 0.6 is 15.9 Å². The highest BCUT2D eigenvalue weighted by molar-refractivity contribution is 9.10. The van der Waals surface area contributed by atoms with Gasteiger partial charge in [-0.25, -0.2) is 9.78 Å². The van der Waals surface area contributed by atoms with Crippen LogP contribution in [0.2, 0.25) is 0 Å². The Hall–Kier alpha value is -1.30. The van der Waals surface area contributed by atoms with Crippen LogP contribution in [-0.2, 0) is 4.74 Å². The Kier molecular flexibility index (Phi) is 5.67. The number of rotatable bonds is 3. The smallest absolute Gasteiger partial charge is 0.407 e. The molecule has 122 valence electrons. The molecule has 1 aromatic rings. The van der Waals surface area contributed by atoms with Crippen molar-refractivity contribution in [2.45, 2.75) is 39.2 Å². The Bertz CT molecular complexity index is 516. The van der Waals surface area contributed by atoms with E-state index in [4.69, 9.17) is 4.74 Å². The lowest BCUT2D eigenvalue weighted by Crippen LogP contribution is -2.42. The molecule has 1 N–H and O–H groups in total. The van der Waals surface area contributed by atoms with Crippen molar-refractivity contribution < 1.29 is 9.53 Å². The molecule has 0 spiro atoms. The van der Waals surface area contributed by atoms with E-state index in [1.165, 1.54) is 0 Å². The van der Waals surface area contributed by atoms with Crippen molar-refractivity contribution in [2.24, 2.45) is 5.92 Å². The van der Waals surface area contributed by atoms with Crippen LogP contribution in [0.15, 0.2) is 22.8 Å². The number of carbonyl (C=O) groups is 1. The van der Waals surface area contributed by atoms with Crippen molar-refractivity contribution in [3.8, 4) is 0 Å². The summed E-state index contributed by atoms with van der Waals surface area (Å²) in [4.78, 5) is 18.5. The van der Waals surface area contributed by atoms with Gasteiger partial charge >= 0.3 is 6.09 Å². The summed E-state index contributed by atoms with van der Waals surface area (Å²) in [6.07, 6.45) is 1.88. The van der Waals surface area contributed by atoms with Gasteiger partial charge in [-0.05, 0) is 67.6 Å². The third-order valence-corrected chi connectivity index (χ3v) is 3.92. The number of hydrogen-bond donors (Lipinski definition) is 1. The number of alkyl carbamates (subject to hydrolysis) is 1. The molecule has 0 radical (unpaired) electrons.